The zero-order valence-electron chi connectivity index (χ0n) is 10.9. The molecule has 2 aromatic rings. The minimum absolute atomic E-state index is 0.0947. The molecule has 4 nitrogen and oxygen atoms in total. The quantitative estimate of drug-likeness (QED) is 0.944. The van der Waals surface area contributed by atoms with Crippen LogP contribution in [0.5, 0.6) is 5.75 Å². The van der Waals surface area contributed by atoms with Crippen LogP contribution in [0.3, 0.4) is 0 Å². The van der Waals surface area contributed by atoms with Crippen LogP contribution in [0.15, 0.2) is 29.6 Å². The van der Waals surface area contributed by atoms with E-state index in [0.717, 1.165) is 23.5 Å². The van der Waals surface area contributed by atoms with E-state index in [1.807, 2.05) is 0 Å². The minimum Gasteiger partial charge on any atom is -0.495 e. The van der Waals surface area contributed by atoms with Gasteiger partial charge in [0, 0.05) is 11.6 Å². The Morgan fingerprint density at radius 1 is 1.43 bits per heavy atom. The van der Waals surface area contributed by atoms with Crippen LogP contribution in [0.25, 0.3) is 0 Å². The molecule has 1 heterocycles. The summed E-state index contributed by atoms with van der Waals surface area (Å²) in [6, 6.07) is 4.99. The molecule has 0 bridgehead atoms. The standard InChI is InChI=1S/C14H10F2N2O2S/c1-20-12-4-5-21-13(12)14(19)18-11(7-17)9-3-2-8(15)6-10(9)16/h2-6,11H,1H3,(H,18,19)/t11-/m1/s1. The van der Waals surface area contributed by atoms with Gasteiger partial charge >= 0.3 is 0 Å². The van der Waals surface area contributed by atoms with E-state index < -0.39 is 23.6 Å². The number of thiophene rings is 1. The van der Waals surface area contributed by atoms with E-state index in [1.165, 1.54) is 7.11 Å². The van der Waals surface area contributed by atoms with Crippen molar-refractivity contribution in [1.29, 1.82) is 5.26 Å². The molecule has 1 amide bonds. The number of carbonyl (C=O) groups is 1. The fourth-order valence-corrected chi connectivity index (χ4v) is 2.50. The first-order valence-corrected chi connectivity index (χ1v) is 6.71. The van der Waals surface area contributed by atoms with E-state index in [-0.39, 0.29) is 10.4 Å². The summed E-state index contributed by atoms with van der Waals surface area (Å²) in [5.74, 6) is -1.83. The van der Waals surface area contributed by atoms with Crippen LogP contribution >= 0.6 is 11.3 Å². The van der Waals surface area contributed by atoms with E-state index >= 15 is 0 Å². The Hall–Kier alpha value is -2.46. The molecule has 0 spiro atoms. The summed E-state index contributed by atoms with van der Waals surface area (Å²) >= 11 is 1.14. The molecule has 0 saturated heterocycles. The van der Waals surface area contributed by atoms with Crippen LogP contribution in [-0.4, -0.2) is 13.0 Å². The van der Waals surface area contributed by atoms with Gasteiger partial charge in [-0.3, -0.25) is 4.79 Å². The van der Waals surface area contributed by atoms with Crippen molar-refractivity contribution >= 4 is 17.2 Å². The van der Waals surface area contributed by atoms with E-state index in [9.17, 15) is 13.6 Å². The Labute approximate surface area is 123 Å². The van der Waals surface area contributed by atoms with Gasteiger partial charge in [-0.15, -0.1) is 11.3 Å². The smallest absolute Gasteiger partial charge is 0.266 e. The largest absolute Gasteiger partial charge is 0.495 e. The van der Waals surface area contributed by atoms with Gasteiger partial charge < -0.3 is 10.1 Å². The molecule has 0 aliphatic heterocycles. The molecule has 0 saturated carbocycles. The third-order valence-electron chi connectivity index (χ3n) is 2.73. The van der Waals surface area contributed by atoms with E-state index in [4.69, 9.17) is 10.00 Å². The minimum atomic E-state index is -1.22. The molecule has 0 fully saturated rings. The monoisotopic (exact) mass is 308 g/mol. The number of carbonyl (C=O) groups excluding carboxylic acids is 1. The van der Waals surface area contributed by atoms with Crippen LogP contribution in [0.1, 0.15) is 21.3 Å². The number of amides is 1. The van der Waals surface area contributed by atoms with Crippen LogP contribution < -0.4 is 10.1 Å². The van der Waals surface area contributed by atoms with Crippen LogP contribution in [-0.2, 0) is 0 Å². The van der Waals surface area contributed by atoms with Crippen molar-refractivity contribution in [2.24, 2.45) is 0 Å². The fourth-order valence-electron chi connectivity index (χ4n) is 1.74. The molecule has 2 rings (SSSR count). The number of nitriles is 1. The highest BCUT2D eigenvalue weighted by atomic mass is 32.1. The molecule has 1 aromatic heterocycles. The van der Waals surface area contributed by atoms with Gasteiger partial charge in [-0.2, -0.15) is 5.26 Å². The molecule has 0 radical (unpaired) electrons. The summed E-state index contributed by atoms with van der Waals surface area (Å²) in [6.45, 7) is 0. The molecule has 0 aliphatic rings. The van der Waals surface area contributed by atoms with Gasteiger partial charge in [0.05, 0.1) is 13.2 Å². The topological polar surface area (TPSA) is 62.1 Å². The van der Waals surface area contributed by atoms with Crippen LogP contribution in [0, 0.1) is 23.0 Å². The number of halogens is 2. The summed E-state index contributed by atoms with van der Waals surface area (Å²) in [7, 11) is 1.42. The molecule has 0 aliphatic carbocycles. The third-order valence-corrected chi connectivity index (χ3v) is 3.63. The highest BCUT2D eigenvalue weighted by molar-refractivity contribution is 7.12. The van der Waals surface area contributed by atoms with Gasteiger partial charge in [-0.1, -0.05) is 6.07 Å². The average molecular weight is 308 g/mol. The molecule has 7 heteroatoms. The second-order valence-corrected chi connectivity index (χ2v) is 4.94. The second kappa shape index (κ2) is 6.33. The van der Waals surface area contributed by atoms with Crippen molar-refractivity contribution in [3.05, 3.63) is 51.7 Å². The third kappa shape index (κ3) is 3.17. The number of rotatable bonds is 4. The first-order chi connectivity index (χ1) is 10.1. The number of methoxy groups -OCH3 is 1. The Morgan fingerprint density at radius 3 is 2.81 bits per heavy atom. The Bertz CT molecular complexity index is 709. The summed E-state index contributed by atoms with van der Waals surface area (Å²) in [6.07, 6.45) is 0. The maximum absolute atomic E-state index is 13.7. The van der Waals surface area contributed by atoms with Crippen molar-refractivity contribution < 1.29 is 18.3 Å². The lowest BCUT2D eigenvalue weighted by atomic mass is 10.1. The average Bonchev–Trinajstić information content (AvgIpc) is 2.93. The zero-order chi connectivity index (χ0) is 15.4. The van der Waals surface area contributed by atoms with E-state index in [2.05, 4.69) is 5.32 Å². The highest BCUT2D eigenvalue weighted by Crippen LogP contribution is 2.25. The summed E-state index contributed by atoms with van der Waals surface area (Å²) < 4.78 is 31.5. The molecule has 108 valence electrons. The lowest BCUT2D eigenvalue weighted by molar-refractivity contribution is 0.0946. The maximum Gasteiger partial charge on any atom is 0.266 e. The second-order valence-electron chi connectivity index (χ2n) is 4.02. The summed E-state index contributed by atoms with van der Waals surface area (Å²) in [5, 5.41) is 13.1. The van der Waals surface area contributed by atoms with Crippen molar-refractivity contribution in [3.8, 4) is 11.8 Å². The van der Waals surface area contributed by atoms with Gasteiger partial charge in [0.15, 0.2) is 0 Å². The Morgan fingerprint density at radius 2 is 2.19 bits per heavy atom. The molecular weight excluding hydrogens is 298 g/mol. The number of hydrogen-bond acceptors (Lipinski definition) is 4. The first kappa shape index (κ1) is 14.9. The van der Waals surface area contributed by atoms with Crippen molar-refractivity contribution in [2.45, 2.75) is 6.04 Å². The number of hydrogen-bond donors (Lipinski definition) is 1. The normalized spacial score (nSPS) is 11.5. The SMILES string of the molecule is COc1ccsc1C(=O)N[C@H](C#N)c1ccc(F)cc1F. The van der Waals surface area contributed by atoms with E-state index in [1.54, 1.807) is 17.5 Å². The molecule has 0 unspecified atom stereocenters. The number of ether oxygens (including phenoxy) is 1. The van der Waals surface area contributed by atoms with Crippen molar-refractivity contribution in [1.82, 2.24) is 5.32 Å². The van der Waals surface area contributed by atoms with Crippen molar-refractivity contribution in [3.63, 3.8) is 0 Å². The molecular formula is C14H10F2N2O2S. The van der Waals surface area contributed by atoms with Gasteiger partial charge in [0.2, 0.25) is 0 Å². The predicted molar refractivity (Wildman–Crippen MR) is 73.0 cm³/mol. The summed E-state index contributed by atoms with van der Waals surface area (Å²) in [5.41, 5.74) is -0.0947. The molecule has 1 atom stereocenters. The molecule has 21 heavy (non-hydrogen) atoms. The highest BCUT2D eigenvalue weighted by Gasteiger charge is 2.21. The maximum atomic E-state index is 13.7. The Kier molecular flexibility index (Phi) is 4.50. The first-order valence-electron chi connectivity index (χ1n) is 5.83. The van der Waals surface area contributed by atoms with Crippen LogP contribution in [0.2, 0.25) is 0 Å². The molecule has 1 aromatic carbocycles. The van der Waals surface area contributed by atoms with Gasteiger partial charge in [-0.05, 0) is 17.5 Å². The van der Waals surface area contributed by atoms with E-state index in [0.29, 0.717) is 11.8 Å². The fraction of sp³-hybridized carbons (Fsp3) is 0.143. The van der Waals surface area contributed by atoms with Crippen LogP contribution in [0.4, 0.5) is 8.78 Å². The van der Waals surface area contributed by atoms with Crippen molar-refractivity contribution in [2.75, 3.05) is 7.11 Å². The predicted octanol–water partition coefficient (Wildman–Crippen LogP) is 3.03. The lowest BCUT2D eigenvalue weighted by Crippen LogP contribution is -2.27. The number of nitrogens with one attached hydrogen (secondary N) is 1. The Balaban J connectivity index is 2.24. The molecule has 1 N–H and O–H groups in total. The number of benzene rings is 1. The summed E-state index contributed by atoms with van der Waals surface area (Å²) in [4.78, 5) is 12.4. The van der Waals surface area contributed by atoms with Gasteiger partial charge in [-0.25, -0.2) is 8.78 Å². The zero-order valence-corrected chi connectivity index (χ0v) is 11.7. The number of nitrogens with zero attached hydrogens (tertiary/aromatic N) is 1. The lowest BCUT2D eigenvalue weighted by Gasteiger charge is -2.12. The van der Waals surface area contributed by atoms with Gasteiger partial charge in [0.1, 0.15) is 28.3 Å². The van der Waals surface area contributed by atoms with Gasteiger partial charge in [0.25, 0.3) is 5.91 Å².